The van der Waals surface area contributed by atoms with Crippen LogP contribution >= 0.6 is 0 Å². The Balaban J connectivity index is 1.36. The summed E-state index contributed by atoms with van der Waals surface area (Å²) in [6.07, 6.45) is 3.57. The average molecular weight is 321 g/mol. The van der Waals surface area contributed by atoms with Gasteiger partial charge in [0, 0.05) is 25.7 Å². The molecule has 0 aliphatic carbocycles. The second-order valence-corrected chi connectivity index (χ2v) is 5.79. The Kier molecular flexibility index (Phi) is 5.58. The van der Waals surface area contributed by atoms with Gasteiger partial charge in [0.25, 0.3) is 0 Å². The van der Waals surface area contributed by atoms with Gasteiger partial charge >= 0.3 is 0 Å². The lowest BCUT2D eigenvalue weighted by Crippen LogP contribution is -2.28. The number of hydrogen-bond donors (Lipinski definition) is 1. The predicted octanol–water partition coefficient (Wildman–Crippen LogP) is 2.12. The normalized spacial score (nSPS) is 17.6. The van der Waals surface area contributed by atoms with Gasteiger partial charge in [-0.05, 0) is 37.3 Å². The molecule has 1 amide bonds. The van der Waals surface area contributed by atoms with Crippen LogP contribution in [0.4, 0.5) is 0 Å². The maximum Gasteiger partial charge on any atom is 0.222 e. The molecule has 126 valence electrons. The first kappa shape index (κ1) is 15.9. The third-order valence-corrected chi connectivity index (χ3v) is 4.14. The van der Waals surface area contributed by atoms with Crippen molar-refractivity contribution in [3.63, 3.8) is 0 Å². The fourth-order valence-electron chi connectivity index (χ4n) is 2.77. The van der Waals surface area contributed by atoms with Crippen LogP contribution < -0.4 is 19.5 Å². The fraction of sp³-hybridized carbons (Fsp3) is 0.588. The van der Waals surface area contributed by atoms with E-state index in [2.05, 4.69) is 5.32 Å². The molecule has 0 radical (unpaired) electrons. The molecule has 1 aromatic carbocycles. The highest BCUT2D eigenvalue weighted by Gasteiger charge is 2.15. The van der Waals surface area contributed by atoms with Crippen molar-refractivity contribution in [2.75, 3.05) is 33.2 Å². The molecule has 1 saturated heterocycles. The van der Waals surface area contributed by atoms with E-state index in [0.29, 0.717) is 37.1 Å². The number of rotatable bonds is 6. The van der Waals surface area contributed by atoms with Crippen molar-refractivity contribution >= 4 is 5.91 Å². The third-order valence-electron chi connectivity index (χ3n) is 4.14. The van der Waals surface area contributed by atoms with Gasteiger partial charge in [0.05, 0.1) is 0 Å². The summed E-state index contributed by atoms with van der Waals surface area (Å²) in [5, 5.41) is 2.79. The molecular formula is C17H23NO5. The van der Waals surface area contributed by atoms with Crippen molar-refractivity contribution in [1.82, 2.24) is 5.32 Å². The lowest BCUT2D eigenvalue weighted by Gasteiger charge is -2.21. The van der Waals surface area contributed by atoms with Crippen molar-refractivity contribution in [3.05, 3.63) is 18.2 Å². The minimum absolute atomic E-state index is 0.0223. The first-order valence-corrected chi connectivity index (χ1v) is 8.18. The van der Waals surface area contributed by atoms with Gasteiger partial charge in [0.15, 0.2) is 18.2 Å². The number of nitrogens with one attached hydrogen (secondary N) is 1. The average Bonchev–Trinajstić information content (AvgIpc) is 2.61. The van der Waals surface area contributed by atoms with Gasteiger partial charge in [0.1, 0.15) is 19.0 Å². The van der Waals surface area contributed by atoms with Crippen LogP contribution in [0.15, 0.2) is 18.2 Å². The Hall–Kier alpha value is -1.95. The summed E-state index contributed by atoms with van der Waals surface area (Å²) < 4.78 is 21.8. The second-order valence-electron chi connectivity index (χ2n) is 5.79. The maximum atomic E-state index is 11.8. The van der Waals surface area contributed by atoms with Crippen molar-refractivity contribution < 1.29 is 23.7 Å². The minimum Gasteiger partial charge on any atom is -0.486 e. The SMILES string of the molecule is O=C(CCC1CCOCC1)NCOc1ccc2c(c1)OCCO2. The van der Waals surface area contributed by atoms with E-state index >= 15 is 0 Å². The molecule has 2 aliphatic rings. The number of ether oxygens (including phenoxy) is 4. The quantitative estimate of drug-likeness (QED) is 0.813. The molecule has 3 rings (SSSR count). The van der Waals surface area contributed by atoms with E-state index < -0.39 is 0 Å². The monoisotopic (exact) mass is 321 g/mol. The lowest BCUT2D eigenvalue weighted by atomic mass is 9.95. The van der Waals surface area contributed by atoms with Gasteiger partial charge in [-0.25, -0.2) is 0 Å². The molecule has 1 N–H and O–H groups in total. The highest BCUT2D eigenvalue weighted by Crippen LogP contribution is 2.33. The summed E-state index contributed by atoms with van der Waals surface area (Å²) in [5.74, 6) is 2.69. The van der Waals surface area contributed by atoms with Gasteiger partial charge < -0.3 is 24.3 Å². The maximum absolute atomic E-state index is 11.8. The molecule has 23 heavy (non-hydrogen) atoms. The number of amides is 1. The largest absolute Gasteiger partial charge is 0.486 e. The van der Waals surface area contributed by atoms with E-state index in [1.165, 1.54) is 0 Å². The first-order chi connectivity index (χ1) is 11.3. The van der Waals surface area contributed by atoms with E-state index in [9.17, 15) is 4.79 Å². The Morgan fingerprint density at radius 1 is 1.13 bits per heavy atom. The van der Waals surface area contributed by atoms with E-state index in [1.807, 2.05) is 12.1 Å². The van der Waals surface area contributed by atoms with Crippen molar-refractivity contribution in [1.29, 1.82) is 0 Å². The molecule has 1 fully saturated rings. The predicted molar refractivity (Wildman–Crippen MR) is 83.8 cm³/mol. The summed E-state index contributed by atoms with van der Waals surface area (Å²) in [5.41, 5.74) is 0. The highest BCUT2D eigenvalue weighted by atomic mass is 16.6. The Morgan fingerprint density at radius 2 is 1.91 bits per heavy atom. The van der Waals surface area contributed by atoms with Crippen LogP contribution in [0.3, 0.4) is 0 Å². The summed E-state index contributed by atoms with van der Waals surface area (Å²) in [6.45, 7) is 2.90. The molecule has 0 spiro atoms. The molecule has 1 aromatic rings. The molecule has 2 heterocycles. The van der Waals surface area contributed by atoms with Gasteiger partial charge in [-0.1, -0.05) is 0 Å². The van der Waals surface area contributed by atoms with Crippen LogP contribution in [0.25, 0.3) is 0 Å². The molecule has 0 unspecified atom stereocenters. The highest BCUT2D eigenvalue weighted by molar-refractivity contribution is 5.75. The Morgan fingerprint density at radius 3 is 2.74 bits per heavy atom. The fourth-order valence-corrected chi connectivity index (χ4v) is 2.77. The summed E-state index contributed by atoms with van der Waals surface area (Å²) in [4.78, 5) is 11.8. The summed E-state index contributed by atoms with van der Waals surface area (Å²) >= 11 is 0. The zero-order valence-corrected chi connectivity index (χ0v) is 13.2. The molecule has 6 nitrogen and oxygen atoms in total. The van der Waals surface area contributed by atoms with Crippen molar-refractivity contribution in [2.24, 2.45) is 5.92 Å². The van der Waals surface area contributed by atoms with Gasteiger partial charge in [-0.3, -0.25) is 4.79 Å². The standard InChI is InChI=1S/C17H23NO5/c19-17(4-1-13-5-7-20-8-6-13)18-12-23-14-2-3-15-16(11-14)22-10-9-21-15/h2-3,11,13H,1,4-10,12H2,(H,18,19). The van der Waals surface area contributed by atoms with Gasteiger partial charge in [-0.15, -0.1) is 0 Å². The molecule has 2 aliphatic heterocycles. The van der Waals surface area contributed by atoms with Crippen LogP contribution in [-0.2, 0) is 9.53 Å². The van der Waals surface area contributed by atoms with E-state index in [4.69, 9.17) is 18.9 Å². The van der Waals surface area contributed by atoms with E-state index in [1.54, 1.807) is 6.07 Å². The van der Waals surface area contributed by atoms with E-state index in [0.717, 1.165) is 38.2 Å². The van der Waals surface area contributed by atoms with Crippen LogP contribution in [0.1, 0.15) is 25.7 Å². The van der Waals surface area contributed by atoms with Gasteiger partial charge in [-0.2, -0.15) is 0 Å². The van der Waals surface area contributed by atoms with Crippen molar-refractivity contribution in [2.45, 2.75) is 25.7 Å². The molecule has 0 bridgehead atoms. The zero-order chi connectivity index (χ0) is 15.9. The third kappa shape index (κ3) is 4.76. The topological polar surface area (TPSA) is 66.0 Å². The Labute approximate surface area is 136 Å². The van der Waals surface area contributed by atoms with Crippen LogP contribution in [0.2, 0.25) is 0 Å². The van der Waals surface area contributed by atoms with Gasteiger partial charge in [0.2, 0.25) is 5.91 Å². The summed E-state index contributed by atoms with van der Waals surface area (Å²) in [6, 6.07) is 5.40. The number of benzene rings is 1. The summed E-state index contributed by atoms with van der Waals surface area (Å²) in [7, 11) is 0. The number of hydrogen-bond acceptors (Lipinski definition) is 5. The Bertz CT molecular complexity index is 528. The molecular weight excluding hydrogens is 298 g/mol. The van der Waals surface area contributed by atoms with Crippen molar-refractivity contribution in [3.8, 4) is 17.2 Å². The zero-order valence-electron chi connectivity index (χ0n) is 13.2. The smallest absolute Gasteiger partial charge is 0.222 e. The first-order valence-electron chi connectivity index (χ1n) is 8.18. The van der Waals surface area contributed by atoms with Crippen LogP contribution in [-0.4, -0.2) is 39.1 Å². The lowest BCUT2D eigenvalue weighted by molar-refractivity contribution is -0.122. The molecule has 0 aromatic heterocycles. The molecule has 0 saturated carbocycles. The minimum atomic E-state index is 0.0223. The van der Waals surface area contributed by atoms with Crippen LogP contribution in [0.5, 0.6) is 17.2 Å². The van der Waals surface area contributed by atoms with Crippen LogP contribution in [0, 0.1) is 5.92 Å². The molecule has 0 atom stereocenters. The number of carbonyl (C=O) groups excluding carboxylic acids is 1. The van der Waals surface area contributed by atoms with E-state index in [-0.39, 0.29) is 12.6 Å². The number of fused-ring (bicyclic) bond motifs is 1. The number of carbonyl (C=O) groups is 1. The second kappa shape index (κ2) is 8.06. The molecule has 6 heteroatoms.